The molecule has 1 heterocycles. The molecule has 0 aromatic heterocycles. The van der Waals surface area contributed by atoms with Gasteiger partial charge in [0.05, 0.1) is 18.1 Å². The van der Waals surface area contributed by atoms with E-state index < -0.39 is 0 Å². The van der Waals surface area contributed by atoms with Crippen molar-refractivity contribution < 1.29 is 9.53 Å². The quantitative estimate of drug-likeness (QED) is 0.629. The number of hydrogen-bond acceptors (Lipinski definition) is 3. The van der Waals surface area contributed by atoms with Crippen LogP contribution in [0.1, 0.15) is 19.3 Å². The Balaban J connectivity index is 1.84. The number of amides is 1. The van der Waals surface area contributed by atoms with E-state index in [1.165, 1.54) is 0 Å². The van der Waals surface area contributed by atoms with Gasteiger partial charge < -0.3 is 15.8 Å². The number of ether oxygens (including phenoxy) is 1. The first kappa shape index (κ1) is 8.97. The molecule has 0 radical (unpaired) electrons. The Kier molecular flexibility index (Phi) is 2.26. The third-order valence-corrected chi connectivity index (χ3v) is 2.99. The van der Waals surface area contributed by atoms with Gasteiger partial charge >= 0.3 is 0 Å². The molecule has 4 heteroatoms. The smallest absolute Gasteiger partial charge is 0.227 e. The lowest BCUT2D eigenvalue weighted by atomic mass is 10.1. The predicted octanol–water partition coefficient (Wildman–Crippen LogP) is -0.370. The molecule has 2 aliphatic rings. The van der Waals surface area contributed by atoms with E-state index in [4.69, 9.17) is 10.5 Å². The van der Waals surface area contributed by atoms with Crippen molar-refractivity contribution in [1.29, 1.82) is 0 Å². The fraction of sp³-hybridized carbons (Fsp3) is 0.889. The molecule has 1 saturated heterocycles. The highest BCUT2D eigenvalue weighted by Gasteiger charge is 2.49. The van der Waals surface area contributed by atoms with Gasteiger partial charge in [-0.2, -0.15) is 0 Å². The van der Waals surface area contributed by atoms with Crippen LogP contribution in [0.25, 0.3) is 0 Å². The van der Waals surface area contributed by atoms with Crippen molar-refractivity contribution in [2.24, 2.45) is 11.1 Å². The second-order valence-electron chi connectivity index (χ2n) is 4.02. The monoisotopic (exact) mass is 184 g/mol. The summed E-state index contributed by atoms with van der Waals surface area (Å²) in [6.45, 7) is 1.90. The second-order valence-corrected chi connectivity index (χ2v) is 4.02. The van der Waals surface area contributed by atoms with Gasteiger partial charge in [-0.3, -0.25) is 4.79 Å². The highest BCUT2D eigenvalue weighted by Crippen LogP contribution is 2.44. The zero-order valence-corrected chi connectivity index (χ0v) is 7.71. The van der Waals surface area contributed by atoms with Crippen LogP contribution in [0.5, 0.6) is 0 Å². The van der Waals surface area contributed by atoms with E-state index in [1.54, 1.807) is 0 Å². The van der Waals surface area contributed by atoms with Crippen LogP contribution >= 0.6 is 0 Å². The van der Waals surface area contributed by atoms with Gasteiger partial charge in [-0.1, -0.05) is 0 Å². The molecule has 1 unspecified atom stereocenters. The molecule has 1 saturated carbocycles. The maximum Gasteiger partial charge on any atom is 0.227 e. The van der Waals surface area contributed by atoms with Crippen molar-refractivity contribution >= 4 is 5.91 Å². The molecule has 2 fully saturated rings. The highest BCUT2D eigenvalue weighted by atomic mass is 16.5. The fourth-order valence-electron chi connectivity index (χ4n) is 1.66. The minimum Gasteiger partial charge on any atom is -0.379 e. The summed E-state index contributed by atoms with van der Waals surface area (Å²) in [5, 5.41) is 2.99. The largest absolute Gasteiger partial charge is 0.379 e. The Hall–Kier alpha value is -0.610. The summed E-state index contributed by atoms with van der Waals surface area (Å²) in [6.07, 6.45) is 2.83. The average molecular weight is 184 g/mol. The zero-order valence-electron chi connectivity index (χ0n) is 7.71. The fourth-order valence-corrected chi connectivity index (χ4v) is 1.66. The molecule has 1 aliphatic carbocycles. The van der Waals surface area contributed by atoms with Crippen LogP contribution in [0.3, 0.4) is 0 Å². The summed E-state index contributed by atoms with van der Waals surface area (Å²) in [7, 11) is 0. The number of carbonyl (C=O) groups excluding carboxylic acids is 1. The van der Waals surface area contributed by atoms with E-state index in [0.717, 1.165) is 25.9 Å². The van der Waals surface area contributed by atoms with E-state index in [2.05, 4.69) is 5.32 Å². The number of carbonyl (C=O) groups is 1. The maximum absolute atomic E-state index is 11.7. The van der Waals surface area contributed by atoms with Gasteiger partial charge in [0.15, 0.2) is 0 Å². The summed E-state index contributed by atoms with van der Waals surface area (Å²) < 4.78 is 5.18. The molecule has 0 aromatic rings. The zero-order chi connectivity index (χ0) is 9.31. The Morgan fingerprint density at radius 3 is 2.85 bits per heavy atom. The second kappa shape index (κ2) is 3.27. The summed E-state index contributed by atoms with van der Waals surface area (Å²) >= 11 is 0. The minimum absolute atomic E-state index is 0.130. The van der Waals surface area contributed by atoms with Crippen LogP contribution in [0.15, 0.2) is 0 Å². The van der Waals surface area contributed by atoms with Gasteiger partial charge in [0, 0.05) is 13.2 Å². The van der Waals surface area contributed by atoms with Gasteiger partial charge in [-0.05, 0) is 19.3 Å². The van der Waals surface area contributed by atoms with Crippen LogP contribution in [-0.4, -0.2) is 31.7 Å². The van der Waals surface area contributed by atoms with Gasteiger partial charge in [-0.15, -0.1) is 0 Å². The number of hydrogen-bond donors (Lipinski definition) is 2. The van der Waals surface area contributed by atoms with E-state index >= 15 is 0 Å². The molecule has 2 rings (SSSR count). The van der Waals surface area contributed by atoms with E-state index in [9.17, 15) is 4.79 Å². The first-order chi connectivity index (χ1) is 6.27. The lowest BCUT2D eigenvalue weighted by Crippen LogP contribution is -2.42. The molecule has 0 spiro atoms. The van der Waals surface area contributed by atoms with Gasteiger partial charge in [-0.25, -0.2) is 0 Å². The highest BCUT2D eigenvalue weighted by molar-refractivity contribution is 5.85. The number of nitrogens with one attached hydrogen (secondary N) is 1. The Labute approximate surface area is 77.8 Å². The van der Waals surface area contributed by atoms with Crippen molar-refractivity contribution in [3.8, 4) is 0 Å². The maximum atomic E-state index is 11.7. The van der Waals surface area contributed by atoms with Crippen molar-refractivity contribution in [1.82, 2.24) is 5.32 Å². The van der Waals surface area contributed by atoms with Crippen LogP contribution < -0.4 is 11.1 Å². The Morgan fingerprint density at radius 1 is 1.62 bits per heavy atom. The van der Waals surface area contributed by atoms with Gasteiger partial charge in [0.2, 0.25) is 5.91 Å². The normalized spacial score (nSPS) is 30.1. The SMILES string of the molecule is NCC1(C(=O)NC2CCOC2)CC1. The number of rotatable bonds is 3. The van der Waals surface area contributed by atoms with Gasteiger partial charge in [0.25, 0.3) is 0 Å². The van der Waals surface area contributed by atoms with Crippen molar-refractivity contribution in [3.63, 3.8) is 0 Å². The number of nitrogens with two attached hydrogens (primary N) is 1. The van der Waals surface area contributed by atoms with Crippen molar-refractivity contribution in [2.45, 2.75) is 25.3 Å². The lowest BCUT2D eigenvalue weighted by molar-refractivity contribution is -0.126. The van der Waals surface area contributed by atoms with Crippen LogP contribution in [0.4, 0.5) is 0 Å². The average Bonchev–Trinajstić information content (AvgIpc) is 2.79. The Bertz CT molecular complexity index is 208. The van der Waals surface area contributed by atoms with E-state index in [1.807, 2.05) is 0 Å². The lowest BCUT2D eigenvalue weighted by Gasteiger charge is -2.16. The van der Waals surface area contributed by atoms with Crippen molar-refractivity contribution in [3.05, 3.63) is 0 Å². The summed E-state index contributed by atoms with van der Waals surface area (Å²) in [5.41, 5.74) is 5.33. The minimum atomic E-state index is -0.220. The van der Waals surface area contributed by atoms with Crippen LogP contribution in [-0.2, 0) is 9.53 Å². The summed E-state index contributed by atoms with van der Waals surface area (Å²) in [4.78, 5) is 11.7. The molecule has 74 valence electrons. The first-order valence-corrected chi connectivity index (χ1v) is 4.86. The summed E-state index contributed by atoms with van der Waals surface area (Å²) in [6, 6.07) is 0.219. The van der Waals surface area contributed by atoms with E-state index in [-0.39, 0.29) is 17.4 Å². The molecular weight excluding hydrogens is 168 g/mol. The van der Waals surface area contributed by atoms with Crippen LogP contribution in [0, 0.1) is 5.41 Å². The molecule has 1 amide bonds. The Morgan fingerprint density at radius 2 is 2.38 bits per heavy atom. The topological polar surface area (TPSA) is 64.4 Å². The molecule has 4 nitrogen and oxygen atoms in total. The molecule has 0 bridgehead atoms. The van der Waals surface area contributed by atoms with E-state index in [0.29, 0.717) is 13.2 Å². The molecule has 0 aromatic carbocycles. The molecule has 13 heavy (non-hydrogen) atoms. The third-order valence-electron chi connectivity index (χ3n) is 2.99. The predicted molar refractivity (Wildman–Crippen MR) is 48.1 cm³/mol. The van der Waals surface area contributed by atoms with Gasteiger partial charge in [0.1, 0.15) is 0 Å². The third kappa shape index (κ3) is 1.69. The molecule has 3 N–H and O–H groups in total. The summed E-state index contributed by atoms with van der Waals surface area (Å²) in [5.74, 6) is 0.130. The standard InChI is InChI=1S/C9H16N2O2/c10-6-9(2-3-9)8(12)11-7-1-4-13-5-7/h7H,1-6,10H2,(H,11,12). The van der Waals surface area contributed by atoms with Crippen LogP contribution in [0.2, 0.25) is 0 Å². The molecule has 1 aliphatic heterocycles. The molecular formula is C9H16N2O2. The van der Waals surface area contributed by atoms with Crippen molar-refractivity contribution in [2.75, 3.05) is 19.8 Å². The first-order valence-electron chi connectivity index (χ1n) is 4.86. The molecule has 1 atom stereocenters.